The third kappa shape index (κ3) is 4.77. The van der Waals surface area contributed by atoms with Crippen LogP contribution in [0.25, 0.3) is 0 Å². The predicted molar refractivity (Wildman–Crippen MR) is 123 cm³/mol. The molecule has 2 fully saturated rings. The lowest BCUT2D eigenvalue weighted by molar-refractivity contribution is -0.151. The number of thioether (sulfide) groups is 1. The van der Waals surface area contributed by atoms with Crippen molar-refractivity contribution in [2.45, 2.75) is 17.5 Å². The average molecular weight is 519 g/mol. The number of β-lactam (4-membered cyclic amide) rings is 1. The van der Waals surface area contributed by atoms with Crippen LogP contribution >= 0.6 is 11.8 Å². The molecule has 0 radical (unpaired) electrons. The van der Waals surface area contributed by atoms with Crippen LogP contribution in [0.3, 0.4) is 0 Å². The molecule has 0 aliphatic carbocycles. The first-order chi connectivity index (χ1) is 17.2. The molecule has 3 aliphatic heterocycles. The maximum absolute atomic E-state index is 13.2. The summed E-state index contributed by atoms with van der Waals surface area (Å²) in [7, 11) is 0. The van der Waals surface area contributed by atoms with Crippen LogP contribution in [0, 0.1) is 0 Å². The number of carbonyl (C=O) groups excluding carboxylic acids is 5. The van der Waals surface area contributed by atoms with Crippen molar-refractivity contribution in [3.8, 4) is 0 Å². The zero-order chi connectivity index (χ0) is 26.0. The van der Waals surface area contributed by atoms with Crippen molar-refractivity contribution in [2.24, 2.45) is 5.73 Å². The zero-order valence-corrected chi connectivity index (χ0v) is 19.4. The summed E-state index contributed by atoms with van der Waals surface area (Å²) in [4.78, 5) is 75.3. The van der Waals surface area contributed by atoms with E-state index in [2.05, 4.69) is 20.7 Å². The van der Waals surface area contributed by atoms with Gasteiger partial charge in [-0.15, -0.1) is 11.8 Å². The topological polar surface area (TPSA) is 200 Å². The summed E-state index contributed by atoms with van der Waals surface area (Å²) in [5.41, 5.74) is 5.23. The number of benzene rings is 1. The molecule has 0 spiro atoms. The molecule has 0 saturated carbocycles. The summed E-state index contributed by atoms with van der Waals surface area (Å²) in [6.45, 7) is 0.0318. The fourth-order valence-electron chi connectivity index (χ4n) is 4.00. The van der Waals surface area contributed by atoms with Crippen LogP contribution in [-0.2, 0) is 19.1 Å². The highest BCUT2D eigenvalue weighted by Gasteiger charge is 2.54. The van der Waals surface area contributed by atoms with Gasteiger partial charge in [-0.25, -0.2) is 24.1 Å². The number of nitrogens with zero attached hydrogens (tertiary/aromatic N) is 2. The number of amides is 7. The molecule has 36 heavy (non-hydrogen) atoms. The highest BCUT2D eigenvalue weighted by atomic mass is 32.2. The molecule has 6 N–H and O–H groups in total. The maximum atomic E-state index is 13.2. The number of urea groups is 2. The number of carboxylic acids is 1. The quantitative estimate of drug-likeness (QED) is 0.289. The molecule has 2 saturated heterocycles. The van der Waals surface area contributed by atoms with E-state index >= 15 is 0 Å². The first kappa shape index (κ1) is 24.8. The first-order valence-corrected chi connectivity index (χ1v) is 11.8. The number of primary amides is 1. The summed E-state index contributed by atoms with van der Waals surface area (Å²) in [5, 5.41) is 16.5. The van der Waals surface area contributed by atoms with Crippen LogP contribution in [0.2, 0.25) is 0 Å². The van der Waals surface area contributed by atoms with Gasteiger partial charge in [0.2, 0.25) is 5.91 Å². The Kier molecular flexibility index (Phi) is 7.00. The van der Waals surface area contributed by atoms with Gasteiger partial charge in [0.05, 0.1) is 0 Å². The molecular formula is C21H22N6O8S. The second-order valence-corrected chi connectivity index (χ2v) is 9.04. The van der Waals surface area contributed by atoms with Crippen LogP contribution in [0.1, 0.15) is 11.6 Å². The SMILES string of the molecule is NC(=O)OCC1=C(C(=O)O)N2C(=O)C(NC(=O)C(NC(=O)N3CCNC3=O)c3ccccc3)[C@@H]2SC1. The number of nitrogens with two attached hydrogens (primary N) is 1. The molecule has 4 rings (SSSR count). The van der Waals surface area contributed by atoms with Gasteiger partial charge in [-0.2, -0.15) is 0 Å². The van der Waals surface area contributed by atoms with E-state index in [0.717, 1.165) is 9.80 Å². The van der Waals surface area contributed by atoms with E-state index in [-0.39, 0.29) is 36.7 Å². The molecule has 15 heteroatoms. The van der Waals surface area contributed by atoms with Crippen LogP contribution < -0.4 is 21.7 Å². The molecule has 0 aromatic heterocycles. The van der Waals surface area contributed by atoms with Crippen molar-refractivity contribution in [1.82, 2.24) is 25.8 Å². The third-order valence-corrected chi connectivity index (χ3v) is 7.04. The Morgan fingerprint density at radius 1 is 1.22 bits per heavy atom. The van der Waals surface area contributed by atoms with E-state index in [0.29, 0.717) is 5.56 Å². The van der Waals surface area contributed by atoms with Crippen molar-refractivity contribution in [1.29, 1.82) is 0 Å². The van der Waals surface area contributed by atoms with Crippen molar-refractivity contribution >= 4 is 47.7 Å². The summed E-state index contributed by atoms with van der Waals surface area (Å²) < 4.78 is 4.69. The van der Waals surface area contributed by atoms with E-state index in [1.807, 2.05) is 0 Å². The molecule has 0 bridgehead atoms. The van der Waals surface area contributed by atoms with Gasteiger partial charge in [0.15, 0.2) is 0 Å². The summed E-state index contributed by atoms with van der Waals surface area (Å²) in [5.74, 6) is -2.65. The molecule has 1 aromatic rings. The van der Waals surface area contributed by atoms with Crippen molar-refractivity contribution < 1.29 is 38.6 Å². The minimum Gasteiger partial charge on any atom is -0.477 e. The van der Waals surface area contributed by atoms with Gasteiger partial charge in [0, 0.05) is 24.4 Å². The summed E-state index contributed by atoms with van der Waals surface area (Å²) >= 11 is 1.18. The van der Waals surface area contributed by atoms with Crippen LogP contribution in [0.5, 0.6) is 0 Å². The van der Waals surface area contributed by atoms with Crippen LogP contribution in [-0.4, -0.2) is 87.7 Å². The lowest BCUT2D eigenvalue weighted by atomic mass is 10.0. The minimum absolute atomic E-state index is 0.124. The molecular weight excluding hydrogens is 496 g/mol. The predicted octanol–water partition coefficient (Wildman–Crippen LogP) is -0.704. The molecule has 7 amide bonds. The fourth-order valence-corrected chi connectivity index (χ4v) is 5.33. The molecule has 2 unspecified atom stereocenters. The van der Waals surface area contributed by atoms with Gasteiger partial charge < -0.3 is 31.5 Å². The standard InChI is InChI=1S/C21H22N6O8S/c22-19(32)35-8-11-9-36-17-13(16(29)27(17)14(11)18(30)31)24-15(28)12(10-4-2-1-3-5-10)25-21(34)26-7-6-23-20(26)33/h1-5,12-13,17H,6-9H2,(H2,22,32)(H,23,33)(H,24,28)(H,25,34)(H,30,31)/t12?,13?,17-/m0/s1. The largest absolute Gasteiger partial charge is 0.477 e. The van der Waals surface area contributed by atoms with E-state index in [4.69, 9.17) is 5.73 Å². The number of carboxylic acid groups (broad SMARTS) is 1. The second-order valence-electron chi connectivity index (χ2n) is 7.94. The van der Waals surface area contributed by atoms with Crippen LogP contribution in [0.15, 0.2) is 41.6 Å². The molecule has 190 valence electrons. The number of fused-ring (bicyclic) bond motifs is 1. The van der Waals surface area contributed by atoms with Crippen molar-refractivity contribution in [2.75, 3.05) is 25.4 Å². The van der Waals surface area contributed by atoms with Gasteiger partial charge in [0.1, 0.15) is 29.8 Å². The Morgan fingerprint density at radius 3 is 2.56 bits per heavy atom. The third-order valence-electron chi connectivity index (χ3n) is 5.70. The molecule has 1 aromatic carbocycles. The lowest BCUT2D eigenvalue weighted by Crippen LogP contribution is -2.71. The lowest BCUT2D eigenvalue weighted by Gasteiger charge is -2.49. The summed E-state index contributed by atoms with van der Waals surface area (Å²) in [6.07, 6.45) is -1.08. The second kappa shape index (κ2) is 10.2. The number of carbonyl (C=O) groups is 6. The number of rotatable bonds is 7. The van der Waals surface area contributed by atoms with Crippen molar-refractivity contribution in [3.05, 3.63) is 47.2 Å². The number of hydrogen-bond donors (Lipinski definition) is 5. The molecule has 3 atom stereocenters. The number of nitrogens with one attached hydrogen (secondary N) is 3. The minimum atomic E-state index is -1.39. The van der Waals surface area contributed by atoms with Crippen LogP contribution in [0.4, 0.5) is 14.4 Å². The van der Waals surface area contributed by atoms with E-state index in [9.17, 15) is 33.9 Å². The highest BCUT2D eigenvalue weighted by Crippen LogP contribution is 2.40. The Morgan fingerprint density at radius 2 is 1.94 bits per heavy atom. The number of ether oxygens (including phenoxy) is 1. The smallest absolute Gasteiger partial charge is 0.404 e. The Hall–Kier alpha value is -4.27. The molecule has 3 heterocycles. The maximum Gasteiger partial charge on any atom is 0.404 e. The average Bonchev–Trinajstić information content (AvgIpc) is 3.29. The fraction of sp³-hybridized carbons (Fsp3) is 0.333. The number of aliphatic carboxylic acids is 1. The molecule has 3 aliphatic rings. The van der Waals surface area contributed by atoms with E-state index in [1.165, 1.54) is 11.8 Å². The Labute approximate surface area is 208 Å². The normalized spacial score (nSPS) is 21.7. The first-order valence-electron chi connectivity index (χ1n) is 10.7. The number of imide groups is 1. The van der Waals surface area contributed by atoms with E-state index < -0.39 is 53.4 Å². The number of hydrogen-bond acceptors (Lipinski definition) is 8. The Balaban J connectivity index is 1.50. The van der Waals surface area contributed by atoms with Gasteiger partial charge in [-0.05, 0) is 5.56 Å². The monoisotopic (exact) mass is 518 g/mol. The van der Waals surface area contributed by atoms with Crippen molar-refractivity contribution in [3.63, 3.8) is 0 Å². The Bertz CT molecular complexity index is 1160. The van der Waals surface area contributed by atoms with Gasteiger partial charge in [-0.3, -0.25) is 14.5 Å². The highest BCUT2D eigenvalue weighted by molar-refractivity contribution is 8.00. The van der Waals surface area contributed by atoms with Gasteiger partial charge >= 0.3 is 24.1 Å². The molecule has 14 nitrogen and oxygen atoms in total. The zero-order valence-electron chi connectivity index (χ0n) is 18.6. The van der Waals surface area contributed by atoms with Gasteiger partial charge in [0.25, 0.3) is 5.91 Å². The van der Waals surface area contributed by atoms with Gasteiger partial charge in [-0.1, -0.05) is 30.3 Å². The summed E-state index contributed by atoms with van der Waals surface area (Å²) in [6, 6.07) is 4.60. The van der Waals surface area contributed by atoms with E-state index in [1.54, 1.807) is 30.3 Å².